The van der Waals surface area contributed by atoms with E-state index in [0.29, 0.717) is 14.6 Å². The maximum absolute atomic E-state index is 14.0. The number of anilines is 2. The molecule has 1 aromatic heterocycles. The molecule has 0 atom stereocenters. The van der Waals surface area contributed by atoms with E-state index in [-0.39, 0.29) is 11.4 Å². The number of pyridine rings is 1. The van der Waals surface area contributed by atoms with Gasteiger partial charge in [-0.05, 0) is 62.5 Å². The second kappa shape index (κ2) is 6.50. The second-order valence-corrected chi connectivity index (χ2v) is 5.93. The van der Waals surface area contributed by atoms with E-state index in [9.17, 15) is 9.18 Å². The molecule has 0 aliphatic heterocycles. The van der Waals surface area contributed by atoms with Crippen LogP contribution in [0, 0.1) is 12.7 Å². The van der Waals surface area contributed by atoms with E-state index < -0.39 is 11.7 Å². The lowest BCUT2D eigenvalue weighted by molar-refractivity contribution is 0.102. The lowest BCUT2D eigenvalue weighted by Gasteiger charge is -2.12. The number of nitrogen functional groups attached to an aromatic ring is 1. The highest BCUT2D eigenvalue weighted by Crippen LogP contribution is 2.32. The van der Waals surface area contributed by atoms with Crippen LogP contribution in [-0.4, -0.2) is 10.9 Å². The Labute approximate surface area is 137 Å². The number of aryl methyl sites for hydroxylation is 1. The number of nitrogens with two attached hydrogens (primary N) is 1. The lowest BCUT2D eigenvalue weighted by Crippen LogP contribution is -2.18. The van der Waals surface area contributed by atoms with Crippen LogP contribution in [0.5, 0.6) is 0 Å². The highest BCUT2D eigenvalue weighted by molar-refractivity contribution is 9.11. The summed E-state index contributed by atoms with van der Waals surface area (Å²) in [7, 11) is 0. The Morgan fingerprint density at radius 2 is 1.95 bits per heavy atom. The maximum atomic E-state index is 14.0. The van der Waals surface area contributed by atoms with E-state index in [1.807, 2.05) is 19.1 Å². The summed E-state index contributed by atoms with van der Waals surface area (Å²) >= 11 is 6.72. The van der Waals surface area contributed by atoms with E-state index in [0.717, 1.165) is 5.56 Å². The van der Waals surface area contributed by atoms with Crippen molar-refractivity contribution in [1.29, 1.82) is 0 Å². The number of nitrogens with zero attached hydrogens (tertiary/aromatic N) is 1. The summed E-state index contributed by atoms with van der Waals surface area (Å²) in [6, 6.07) is 4.97. The van der Waals surface area contributed by atoms with Gasteiger partial charge < -0.3 is 10.7 Å². The molecule has 1 aromatic carbocycles. The van der Waals surface area contributed by atoms with Gasteiger partial charge in [-0.25, -0.2) is 15.2 Å². The molecular weight excluding hydrogens is 407 g/mol. The molecule has 0 radical (unpaired) electrons. The summed E-state index contributed by atoms with van der Waals surface area (Å²) in [4.78, 5) is 15.9. The smallest absolute Gasteiger partial charge is 0.258 e. The van der Waals surface area contributed by atoms with Gasteiger partial charge in [-0.3, -0.25) is 4.79 Å². The Bertz CT molecular complexity index is 686. The number of benzene rings is 1. The number of halogens is 3. The summed E-state index contributed by atoms with van der Waals surface area (Å²) in [6.45, 7) is 1.92. The van der Waals surface area contributed by atoms with Crippen molar-refractivity contribution in [1.82, 2.24) is 4.98 Å². The number of hydrogen-bond donors (Lipinski definition) is 3. The highest BCUT2D eigenvalue weighted by Gasteiger charge is 2.18. The Morgan fingerprint density at radius 1 is 1.33 bits per heavy atom. The number of carbonyl (C=O) groups is 1. The minimum Gasteiger partial charge on any atom is -0.320 e. The molecule has 1 amide bonds. The van der Waals surface area contributed by atoms with Gasteiger partial charge in [0.1, 0.15) is 0 Å². The minimum atomic E-state index is -0.808. The van der Waals surface area contributed by atoms with Crippen LogP contribution in [0.3, 0.4) is 0 Å². The summed E-state index contributed by atoms with van der Waals surface area (Å²) < 4.78 is 15.4. The van der Waals surface area contributed by atoms with Crippen molar-refractivity contribution >= 4 is 49.3 Å². The molecule has 110 valence electrons. The standard InChI is InChI=1S/C13H11Br2FN4O/c1-6-4-8(14)11(9(15)5-6)19-13(21)7-2-3-18-12(20-17)10(7)16/h2-5H,17H2,1H3,(H,18,20)(H,19,21). The van der Waals surface area contributed by atoms with E-state index in [4.69, 9.17) is 5.84 Å². The van der Waals surface area contributed by atoms with Crippen LogP contribution >= 0.6 is 31.9 Å². The van der Waals surface area contributed by atoms with E-state index in [1.54, 1.807) is 0 Å². The Kier molecular flexibility index (Phi) is 4.92. The Morgan fingerprint density at radius 3 is 2.52 bits per heavy atom. The van der Waals surface area contributed by atoms with E-state index in [1.165, 1.54) is 12.3 Å². The first-order chi connectivity index (χ1) is 9.93. The molecule has 0 saturated carbocycles. The largest absolute Gasteiger partial charge is 0.320 e. The van der Waals surface area contributed by atoms with Gasteiger partial charge in [0.25, 0.3) is 5.91 Å². The average Bonchev–Trinajstić information content (AvgIpc) is 2.42. The molecule has 0 fully saturated rings. The predicted octanol–water partition coefficient (Wildman–Crippen LogP) is 3.59. The van der Waals surface area contributed by atoms with Gasteiger partial charge in [-0.1, -0.05) is 0 Å². The molecule has 5 nitrogen and oxygen atoms in total. The minimum absolute atomic E-state index is 0.155. The number of aromatic nitrogens is 1. The zero-order valence-corrected chi connectivity index (χ0v) is 14.0. The fraction of sp³-hybridized carbons (Fsp3) is 0.0769. The van der Waals surface area contributed by atoms with Gasteiger partial charge in [0.05, 0.1) is 11.3 Å². The zero-order valence-electron chi connectivity index (χ0n) is 10.9. The molecule has 0 aliphatic rings. The molecule has 2 rings (SSSR count). The van der Waals surface area contributed by atoms with Crippen LogP contribution in [0.2, 0.25) is 0 Å². The first kappa shape index (κ1) is 15.9. The third-order valence-corrected chi connectivity index (χ3v) is 3.95. The summed E-state index contributed by atoms with van der Waals surface area (Å²) in [5.74, 6) is 3.54. The van der Waals surface area contributed by atoms with Crippen LogP contribution in [0.1, 0.15) is 15.9 Å². The molecule has 21 heavy (non-hydrogen) atoms. The first-order valence-corrected chi connectivity index (χ1v) is 7.40. The van der Waals surface area contributed by atoms with Gasteiger partial charge >= 0.3 is 0 Å². The third kappa shape index (κ3) is 3.39. The first-order valence-electron chi connectivity index (χ1n) is 5.82. The lowest BCUT2D eigenvalue weighted by atomic mass is 10.2. The molecule has 4 N–H and O–H groups in total. The van der Waals surface area contributed by atoms with E-state index >= 15 is 0 Å². The highest BCUT2D eigenvalue weighted by atomic mass is 79.9. The fourth-order valence-electron chi connectivity index (χ4n) is 1.72. The topological polar surface area (TPSA) is 80.0 Å². The van der Waals surface area contributed by atoms with Crippen LogP contribution < -0.4 is 16.6 Å². The molecule has 1 heterocycles. The molecule has 0 aliphatic carbocycles. The van der Waals surface area contributed by atoms with Crippen molar-refractivity contribution in [2.75, 3.05) is 10.7 Å². The quantitative estimate of drug-likeness (QED) is 0.526. The second-order valence-electron chi connectivity index (χ2n) is 4.22. The molecule has 0 unspecified atom stereocenters. The van der Waals surface area contributed by atoms with Crippen molar-refractivity contribution < 1.29 is 9.18 Å². The number of rotatable bonds is 3. The van der Waals surface area contributed by atoms with Crippen LogP contribution in [-0.2, 0) is 0 Å². The van der Waals surface area contributed by atoms with Crippen LogP contribution in [0.4, 0.5) is 15.9 Å². The van der Waals surface area contributed by atoms with Gasteiger partial charge in [-0.2, -0.15) is 0 Å². The summed E-state index contributed by atoms with van der Waals surface area (Å²) in [5, 5.41) is 2.65. The van der Waals surface area contributed by atoms with Gasteiger partial charge in [-0.15, -0.1) is 0 Å². The van der Waals surface area contributed by atoms with Crippen molar-refractivity contribution in [3.05, 3.63) is 50.3 Å². The zero-order chi connectivity index (χ0) is 15.6. The van der Waals surface area contributed by atoms with Crippen molar-refractivity contribution in [3.8, 4) is 0 Å². The third-order valence-electron chi connectivity index (χ3n) is 2.70. The average molecular weight is 418 g/mol. The number of hydrogen-bond acceptors (Lipinski definition) is 4. The van der Waals surface area contributed by atoms with Gasteiger partial charge in [0.15, 0.2) is 11.6 Å². The number of carbonyl (C=O) groups excluding carboxylic acids is 1. The van der Waals surface area contributed by atoms with E-state index in [2.05, 4.69) is 47.6 Å². The predicted molar refractivity (Wildman–Crippen MR) is 86.5 cm³/mol. The SMILES string of the molecule is Cc1cc(Br)c(NC(=O)c2ccnc(NN)c2F)c(Br)c1. The number of amides is 1. The van der Waals surface area contributed by atoms with Crippen molar-refractivity contribution in [2.24, 2.45) is 5.84 Å². The number of hydrazine groups is 1. The Balaban J connectivity index is 2.35. The molecular formula is C13H11Br2FN4O. The summed E-state index contributed by atoms with van der Waals surface area (Å²) in [5.41, 5.74) is 3.47. The normalized spacial score (nSPS) is 10.3. The monoisotopic (exact) mass is 416 g/mol. The molecule has 0 bridgehead atoms. The molecule has 0 saturated heterocycles. The Hall–Kier alpha value is -1.51. The van der Waals surface area contributed by atoms with Crippen molar-refractivity contribution in [2.45, 2.75) is 6.92 Å². The van der Waals surface area contributed by atoms with Crippen LogP contribution in [0.25, 0.3) is 0 Å². The molecule has 2 aromatic rings. The summed E-state index contributed by atoms with van der Waals surface area (Å²) in [6.07, 6.45) is 1.30. The van der Waals surface area contributed by atoms with Crippen molar-refractivity contribution in [3.63, 3.8) is 0 Å². The fourth-order valence-corrected chi connectivity index (χ4v) is 3.33. The van der Waals surface area contributed by atoms with Crippen LogP contribution in [0.15, 0.2) is 33.3 Å². The number of nitrogens with one attached hydrogen (secondary N) is 2. The molecule has 0 spiro atoms. The van der Waals surface area contributed by atoms with Gasteiger partial charge in [0, 0.05) is 15.1 Å². The molecule has 8 heteroatoms. The maximum Gasteiger partial charge on any atom is 0.258 e. The van der Waals surface area contributed by atoms with Gasteiger partial charge in [0.2, 0.25) is 0 Å².